The topological polar surface area (TPSA) is 101 Å². The van der Waals surface area contributed by atoms with Gasteiger partial charge >= 0.3 is 0 Å². The van der Waals surface area contributed by atoms with Crippen molar-refractivity contribution in [3.8, 4) is 5.69 Å². The van der Waals surface area contributed by atoms with Crippen molar-refractivity contribution < 1.29 is 19.2 Å². The summed E-state index contributed by atoms with van der Waals surface area (Å²) in [4.78, 5) is 54.6. The third kappa shape index (κ3) is 4.07. The van der Waals surface area contributed by atoms with Gasteiger partial charge in [-0.15, -0.1) is 0 Å². The molecule has 0 bridgehead atoms. The normalized spacial score (nSPS) is 17.8. The average molecular weight is 442 g/mol. The van der Waals surface area contributed by atoms with Crippen LogP contribution >= 0.6 is 0 Å². The van der Waals surface area contributed by atoms with Crippen LogP contribution in [-0.4, -0.2) is 44.0 Å². The van der Waals surface area contributed by atoms with Gasteiger partial charge in [-0.1, -0.05) is 12.1 Å². The number of imide groups is 1. The SMILES string of the molecule is O=C1CCC(N2Cc3cc(CCC(=O)c4ccc(-n5ccnc5)cc4)ccc3C2=O)C(=O)N1. The Labute approximate surface area is 190 Å². The van der Waals surface area contributed by atoms with E-state index in [1.807, 2.05) is 47.2 Å². The number of carbonyl (C=O) groups is 4. The van der Waals surface area contributed by atoms with Crippen molar-refractivity contribution in [1.29, 1.82) is 0 Å². The van der Waals surface area contributed by atoms with E-state index in [9.17, 15) is 19.2 Å². The largest absolute Gasteiger partial charge is 0.322 e. The van der Waals surface area contributed by atoms with Gasteiger partial charge in [0.2, 0.25) is 11.8 Å². The molecule has 0 saturated carbocycles. The number of aromatic nitrogens is 2. The molecule has 2 aromatic carbocycles. The second kappa shape index (κ2) is 8.46. The standard InChI is InChI=1S/C25H22N4O4/c30-22(17-3-5-19(6-4-17)28-12-11-26-15-28)9-2-16-1-7-20-18(13-16)14-29(25(20)33)21-8-10-23(31)27-24(21)32/h1,3-7,11-13,15,21H,2,8-10,14H2,(H,27,31,32). The first kappa shape index (κ1) is 20.8. The number of imidazole rings is 1. The molecule has 0 spiro atoms. The van der Waals surface area contributed by atoms with Crippen LogP contribution in [0.25, 0.3) is 5.69 Å². The molecular formula is C25H22N4O4. The fraction of sp³-hybridized carbons (Fsp3) is 0.240. The maximum atomic E-state index is 12.8. The van der Waals surface area contributed by atoms with Gasteiger partial charge in [0.1, 0.15) is 6.04 Å². The lowest BCUT2D eigenvalue weighted by molar-refractivity contribution is -0.136. The van der Waals surface area contributed by atoms with E-state index in [4.69, 9.17) is 0 Å². The monoisotopic (exact) mass is 442 g/mol. The summed E-state index contributed by atoms with van der Waals surface area (Å²) in [6.45, 7) is 0.331. The van der Waals surface area contributed by atoms with Crippen molar-refractivity contribution >= 4 is 23.5 Å². The van der Waals surface area contributed by atoms with Gasteiger partial charge in [-0.05, 0) is 54.3 Å². The van der Waals surface area contributed by atoms with E-state index >= 15 is 0 Å². The van der Waals surface area contributed by atoms with Crippen LogP contribution in [0.5, 0.6) is 0 Å². The van der Waals surface area contributed by atoms with E-state index in [0.29, 0.717) is 36.9 Å². The molecule has 3 amide bonds. The lowest BCUT2D eigenvalue weighted by Gasteiger charge is -2.29. The van der Waals surface area contributed by atoms with Gasteiger partial charge < -0.3 is 9.47 Å². The third-order valence-electron chi connectivity index (χ3n) is 6.22. The van der Waals surface area contributed by atoms with Gasteiger partial charge in [-0.3, -0.25) is 24.5 Å². The molecule has 1 aromatic heterocycles. The van der Waals surface area contributed by atoms with Gasteiger partial charge in [-0.2, -0.15) is 0 Å². The second-order valence-corrected chi connectivity index (χ2v) is 8.33. The number of hydrogen-bond acceptors (Lipinski definition) is 5. The van der Waals surface area contributed by atoms with Gasteiger partial charge in [0.25, 0.3) is 5.91 Å². The molecule has 1 N–H and O–H groups in total. The highest BCUT2D eigenvalue weighted by Crippen LogP contribution is 2.28. The second-order valence-electron chi connectivity index (χ2n) is 8.33. The summed E-state index contributed by atoms with van der Waals surface area (Å²) < 4.78 is 1.87. The number of hydrogen-bond donors (Lipinski definition) is 1. The van der Waals surface area contributed by atoms with E-state index in [1.54, 1.807) is 18.6 Å². The maximum Gasteiger partial charge on any atom is 0.255 e. The Morgan fingerprint density at radius 2 is 1.91 bits per heavy atom. The quantitative estimate of drug-likeness (QED) is 0.467. The third-order valence-corrected chi connectivity index (χ3v) is 6.22. The minimum Gasteiger partial charge on any atom is -0.322 e. The molecule has 166 valence electrons. The van der Waals surface area contributed by atoms with E-state index in [0.717, 1.165) is 16.8 Å². The van der Waals surface area contributed by atoms with Crippen LogP contribution in [0.1, 0.15) is 51.1 Å². The fourth-order valence-corrected chi connectivity index (χ4v) is 4.42. The molecule has 0 radical (unpaired) electrons. The summed E-state index contributed by atoms with van der Waals surface area (Å²) in [5.74, 6) is -0.866. The number of ketones is 1. The van der Waals surface area contributed by atoms with Crippen molar-refractivity contribution in [2.75, 3.05) is 0 Å². The number of benzene rings is 2. The van der Waals surface area contributed by atoms with Crippen LogP contribution in [0, 0.1) is 0 Å². The molecule has 1 unspecified atom stereocenters. The lowest BCUT2D eigenvalue weighted by atomic mass is 9.99. The number of nitrogens with one attached hydrogen (secondary N) is 1. The summed E-state index contributed by atoms with van der Waals surface area (Å²) in [6, 6.07) is 12.3. The number of aryl methyl sites for hydroxylation is 1. The number of carbonyl (C=O) groups excluding carboxylic acids is 4. The van der Waals surface area contributed by atoms with E-state index in [2.05, 4.69) is 10.3 Å². The smallest absolute Gasteiger partial charge is 0.255 e. The number of amides is 3. The van der Waals surface area contributed by atoms with E-state index in [1.165, 1.54) is 4.90 Å². The molecule has 1 atom stereocenters. The van der Waals surface area contributed by atoms with Crippen LogP contribution in [0.2, 0.25) is 0 Å². The summed E-state index contributed by atoms with van der Waals surface area (Å²) in [6.07, 6.45) is 6.73. The molecule has 8 nitrogen and oxygen atoms in total. The molecule has 33 heavy (non-hydrogen) atoms. The summed E-state index contributed by atoms with van der Waals surface area (Å²) in [5.41, 5.74) is 3.98. The van der Waals surface area contributed by atoms with Crippen LogP contribution in [0.3, 0.4) is 0 Å². The lowest BCUT2D eigenvalue weighted by Crippen LogP contribution is -2.52. The molecule has 3 aromatic rings. The molecule has 1 fully saturated rings. The summed E-state index contributed by atoms with van der Waals surface area (Å²) >= 11 is 0. The molecule has 0 aliphatic carbocycles. The van der Waals surface area contributed by atoms with Crippen molar-refractivity contribution in [2.24, 2.45) is 0 Å². The summed E-state index contributed by atoms with van der Waals surface area (Å²) in [5, 5.41) is 2.31. The first-order valence-electron chi connectivity index (χ1n) is 10.9. The zero-order valence-corrected chi connectivity index (χ0v) is 17.9. The first-order chi connectivity index (χ1) is 16.0. The highest BCUT2D eigenvalue weighted by atomic mass is 16.2. The van der Waals surface area contributed by atoms with Crippen molar-refractivity contribution in [2.45, 2.75) is 38.3 Å². The van der Waals surface area contributed by atoms with Crippen LogP contribution in [0.15, 0.2) is 61.2 Å². The highest BCUT2D eigenvalue weighted by molar-refractivity contribution is 6.05. The van der Waals surface area contributed by atoms with Crippen molar-refractivity contribution in [3.63, 3.8) is 0 Å². The zero-order valence-electron chi connectivity index (χ0n) is 17.9. The van der Waals surface area contributed by atoms with Crippen molar-refractivity contribution in [1.82, 2.24) is 19.8 Å². The number of fused-ring (bicyclic) bond motifs is 1. The Balaban J connectivity index is 1.23. The van der Waals surface area contributed by atoms with Gasteiger partial charge in [0.15, 0.2) is 5.78 Å². The number of rotatable bonds is 6. The fourth-order valence-electron chi connectivity index (χ4n) is 4.42. The van der Waals surface area contributed by atoms with Crippen LogP contribution < -0.4 is 5.32 Å². The van der Waals surface area contributed by atoms with E-state index < -0.39 is 11.9 Å². The predicted octanol–water partition coefficient (Wildman–Crippen LogP) is 2.45. The van der Waals surface area contributed by atoms with Crippen LogP contribution in [-0.2, 0) is 22.6 Å². The molecule has 5 rings (SSSR count). The van der Waals surface area contributed by atoms with Gasteiger partial charge in [-0.25, -0.2) is 4.98 Å². The van der Waals surface area contributed by atoms with Crippen molar-refractivity contribution in [3.05, 3.63) is 83.4 Å². The first-order valence-corrected chi connectivity index (χ1v) is 10.9. The van der Waals surface area contributed by atoms with E-state index in [-0.39, 0.29) is 24.0 Å². The summed E-state index contributed by atoms with van der Waals surface area (Å²) in [7, 11) is 0. The van der Waals surface area contributed by atoms with Crippen LogP contribution in [0.4, 0.5) is 0 Å². The molecule has 3 heterocycles. The number of Topliss-reactive ketones (excluding diaryl/α,β-unsaturated/α-hetero) is 1. The molecule has 1 saturated heterocycles. The Kier molecular flexibility index (Phi) is 5.34. The molecule has 2 aliphatic heterocycles. The molecular weight excluding hydrogens is 420 g/mol. The Bertz CT molecular complexity index is 1250. The molecule has 2 aliphatic rings. The van der Waals surface area contributed by atoms with Gasteiger partial charge in [0, 0.05) is 48.6 Å². The number of nitrogens with zero attached hydrogens (tertiary/aromatic N) is 3. The minimum atomic E-state index is -0.627. The number of piperidine rings is 1. The Morgan fingerprint density at radius 3 is 2.64 bits per heavy atom. The highest BCUT2D eigenvalue weighted by Gasteiger charge is 2.39. The average Bonchev–Trinajstić information content (AvgIpc) is 3.46. The minimum absolute atomic E-state index is 0.0499. The Morgan fingerprint density at radius 1 is 1.09 bits per heavy atom. The molecule has 8 heteroatoms. The zero-order chi connectivity index (χ0) is 22.9. The Hall–Kier alpha value is -4.07. The van der Waals surface area contributed by atoms with Gasteiger partial charge in [0.05, 0.1) is 6.33 Å². The maximum absolute atomic E-state index is 12.8. The predicted molar refractivity (Wildman–Crippen MR) is 119 cm³/mol.